The van der Waals surface area contributed by atoms with Crippen LogP contribution in [0.3, 0.4) is 0 Å². The van der Waals surface area contributed by atoms with Gasteiger partial charge in [-0.1, -0.05) is 0 Å². The van der Waals surface area contributed by atoms with Gasteiger partial charge in [0.2, 0.25) is 10.0 Å². The van der Waals surface area contributed by atoms with Crippen LogP contribution in [0.2, 0.25) is 0 Å². The second-order valence-corrected chi connectivity index (χ2v) is 10.4. The molecule has 1 saturated heterocycles. The number of nitrogens with zero attached hydrogens (tertiary/aromatic N) is 3. The summed E-state index contributed by atoms with van der Waals surface area (Å²) in [6.07, 6.45) is -4.56. The van der Waals surface area contributed by atoms with Crippen LogP contribution < -0.4 is 9.47 Å². The molecule has 2 aliphatic heterocycles. The van der Waals surface area contributed by atoms with Crippen LogP contribution in [0.4, 0.5) is 23.2 Å². The van der Waals surface area contributed by atoms with Crippen LogP contribution in [0, 0.1) is 5.82 Å². The van der Waals surface area contributed by atoms with E-state index >= 15 is 0 Å². The SMILES string of the molecule is COc1ccc2c(c1)C(N1CCN(S(=O)(=O)c3ccc(F)cc3)CC1)=Nc1cc(C(F)(F)F)ccc1O2. The number of benzene rings is 3. The second-order valence-electron chi connectivity index (χ2n) is 8.42. The Balaban J connectivity index is 1.49. The van der Waals surface area contributed by atoms with Gasteiger partial charge in [0.05, 0.1) is 23.1 Å². The first-order valence-corrected chi connectivity index (χ1v) is 12.7. The summed E-state index contributed by atoms with van der Waals surface area (Å²) >= 11 is 0. The van der Waals surface area contributed by atoms with E-state index in [4.69, 9.17) is 9.47 Å². The molecule has 37 heavy (non-hydrogen) atoms. The molecule has 7 nitrogen and oxygen atoms in total. The van der Waals surface area contributed by atoms with Crippen LogP contribution in [0.5, 0.6) is 17.2 Å². The Labute approximate surface area is 210 Å². The van der Waals surface area contributed by atoms with Crippen molar-refractivity contribution in [3.8, 4) is 17.2 Å². The highest BCUT2D eigenvalue weighted by molar-refractivity contribution is 7.89. The maximum atomic E-state index is 13.4. The molecule has 0 aliphatic carbocycles. The molecule has 0 radical (unpaired) electrons. The van der Waals surface area contributed by atoms with Gasteiger partial charge in [-0.15, -0.1) is 0 Å². The molecule has 12 heteroatoms. The van der Waals surface area contributed by atoms with Crippen LogP contribution in [-0.2, 0) is 16.2 Å². The number of halogens is 4. The highest BCUT2D eigenvalue weighted by Gasteiger charge is 2.34. The standard InChI is InChI=1S/C25H21F4N3O4S/c1-35-18-5-9-22-20(15-18)24(30-21-14-16(25(27,28)29)2-8-23(21)36-22)31-10-12-32(13-11-31)37(33,34)19-6-3-17(26)4-7-19/h2-9,14-15H,10-13H2,1H3. The van der Waals surface area contributed by atoms with E-state index in [1.54, 1.807) is 23.1 Å². The lowest BCUT2D eigenvalue weighted by Crippen LogP contribution is -2.50. The van der Waals surface area contributed by atoms with Gasteiger partial charge in [0, 0.05) is 26.2 Å². The molecule has 0 saturated carbocycles. The lowest BCUT2D eigenvalue weighted by atomic mass is 10.1. The number of aliphatic imine (C=N–C) groups is 1. The minimum absolute atomic E-state index is 0.00125. The molecule has 2 heterocycles. The molecule has 3 aromatic rings. The molecule has 0 bridgehead atoms. The van der Waals surface area contributed by atoms with Crippen molar-refractivity contribution in [3.05, 3.63) is 77.6 Å². The van der Waals surface area contributed by atoms with Crippen LogP contribution in [0.25, 0.3) is 0 Å². The van der Waals surface area contributed by atoms with Crippen molar-refractivity contribution in [2.45, 2.75) is 11.1 Å². The highest BCUT2D eigenvalue weighted by Crippen LogP contribution is 2.42. The Hall–Kier alpha value is -3.64. The number of sulfonamides is 1. The topological polar surface area (TPSA) is 71.4 Å². The number of piperazine rings is 1. The van der Waals surface area contributed by atoms with Crippen LogP contribution >= 0.6 is 0 Å². The van der Waals surface area contributed by atoms with E-state index in [1.165, 1.54) is 29.6 Å². The van der Waals surface area contributed by atoms with Crippen molar-refractivity contribution in [1.82, 2.24) is 9.21 Å². The predicted octanol–water partition coefficient (Wildman–Crippen LogP) is 5.04. The van der Waals surface area contributed by atoms with E-state index in [0.29, 0.717) is 22.9 Å². The molecular weight excluding hydrogens is 514 g/mol. The number of hydrogen-bond donors (Lipinski definition) is 0. The summed E-state index contributed by atoms with van der Waals surface area (Å²) in [5.74, 6) is 0.826. The van der Waals surface area contributed by atoms with Crippen molar-refractivity contribution in [3.63, 3.8) is 0 Å². The fourth-order valence-corrected chi connectivity index (χ4v) is 5.62. The van der Waals surface area contributed by atoms with Crippen LogP contribution in [0.15, 0.2) is 70.6 Å². The summed E-state index contributed by atoms with van der Waals surface area (Å²) in [4.78, 5) is 6.34. The zero-order valence-corrected chi connectivity index (χ0v) is 20.3. The molecule has 0 aromatic heterocycles. The van der Waals surface area contributed by atoms with E-state index in [-0.39, 0.29) is 42.5 Å². The maximum Gasteiger partial charge on any atom is 0.416 e. The molecule has 194 valence electrons. The number of rotatable bonds is 3. The molecule has 3 aromatic carbocycles. The summed E-state index contributed by atoms with van der Waals surface area (Å²) in [7, 11) is -2.37. The van der Waals surface area contributed by atoms with Gasteiger partial charge in [0.1, 0.15) is 28.8 Å². The first-order valence-electron chi connectivity index (χ1n) is 11.2. The highest BCUT2D eigenvalue weighted by atomic mass is 32.2. The molecule has 5 rings (SSSR count). The molecule has 2 aliphatic rings. The average Bonchev–Trinajstić information content (AvgIpc) is 3.04. The first kappa shape index (κ1) is 25.0. The van der Waals surface area contributed by atoms with Gasteiger partial charge in [-0.25, -0.2) is 17.8 Å². The van der Waals surface area contributed by atoms with Gasteiger partial charge in [-0.3, -0.25) is 0 Å². The predicted molar refractivity (Wildman–Crippen MR) is 127 cm³/mol. The van der Waals surface area contributed by atoms with Crippen LogP contribution in [-0.4, -0.2) is 56.7 Å². The number of methoxy groups -OCH3 is 1. The Morgan fingerprint density at radius 2 is 1.59 bits per heavy atom. The average molecular weight is 536 g/mol. The summed E-state index contributed by atoms with van der Waals surface area (Å²) in [6.45, 7) is 0.608. The number of amidine groups is 1. The van der Waals surface area contributed by atoms with E-state index in [1.807, 2.05) is 0 Å². The van der Waals surface area contributed by atoms with Gasteiger partial charge >= 0.3 is 6.18 Å². The third-order valence-corrected chi connectivity index (χ3v) is 8.06. The lowest BCUT2D eigenvalue weighted by molar-refractivity contribution is -0.137. The summed E-state index contributed by atoms with van der Waals surface area (Å²) < 4.78 is 92.0. The molecule has 0 unspecified atom stereocenters. The van der Waals surface area contributed by atoms with E-state index in [9.17, 15) is 26.0 Å². The fourth-order valence-electron chi connectivity index (χ4n) is 4.20. The molecule has 0 spiro atoms. The number of fused-ring (bicyclic) bond motifs is 2. The molecule has 1 fully saturated rings. The lowest BCUT2D eigenvalue weighted by Gasteiger charge is -2.36. The minimum atomic E-state index is -4.56. The van der Waals surface area contributed by atoms with Crippen molar-refractivity contribution < 1.29 is 35.5 Å². The minimum Gasteiger partial charge on any atom is -0.497 e. The first-order chi connectivity index (χ1) is 17.6. The monoisotopic (exact) mass is 535 g/mol. The van der Waals surface area contributed by atoms with Gasteiger partial charge in [-0.2, -0.15) is 17.5 Å². The van der Waals surface area contributed by atoms with Crippen molar-refractivity contribution in [1.29, 1.82) is 0 Å². The van der Waals surface area contributed by atoms with Gasteiger partial charge in [0.25, 0.3) is 0 Å². The quantitative estimate of drug-likeness (QED) is 0.440. The van der Waals surface area contributed by atoms with Gasteiger partial charge in [0.15, 0.2) is 5.75 Å². The summed E-state index contributed by atoms with van der Waals surface area (Å²) in [6, 6.07) is 12.7. The number of hydrogen-bond acceptors (Lipinski definition) is 6. The Bertz CT molecular complexity index is 1470. The van der Waals surface area contributed by atoms with E-state index in [2.05, 4.69) is 4.99 Å². The fraction of sp³-hybridized carbons (Fsp3) is 0.240. The normalized spacial score (nSPS) is 16.2. The smallest absolute Gasteiger partial charge is 0.416 e. The van der Waals surface area contributed by atoms with Crippen molar-refractivity contribution in [2.75, 3.05) is 33.3 Å². The summed E-state index contributed by atoms with van der Waals surface area (Å²) in [5, 5.41) is 0. The zero-order valence-electron chi connectivity index (χ0n) is 19.5. The number of alkyl halides is 3. The van der Waals surface area contributed by atoms with Gasteiger partial charge < -0.3 is 14.4 Å². The Kier molecular flexibility index (Phi) is 6.32. The van der Waals surface area contributed by atoms with Crippen molar-refractivity contribution in [2.24, 2.45) is 4.99 Å². The summed E-state index contributed by atoms with van der Waals surface area (Å²) in [5.41, 5.74) is -0.364. The third-order valence-electron chi connectivity index (χ3n) is 6.15. The van der Waals surface area contributed by atoms with E-state index < -0.39 is 27.6 Å². The molecule has 0 amide bonds. The molecular formula is C25H21F4N3O4S. The molecule has 0 N–H and O–H groups in total. The Morgan fingerprint density at radius 1 is 0.919 bits per heavy atom. The molecule has 0 atom stereocenters. The second kappa shape index (κ2) is 9.34. The Morgan fingerprint density at radius 3 is 2.24 bits per heavy atom. The maximum absolute atomic E-state index is 13.4. The zero-order chi connectivity index (χ0) is 26.4. The number of ether oxygens (including phenoxy) is 2. The van der Waals surface area contributed by atoms with E-state index in [0.717, 1.165) is 24.3 Å². The third kappa shape index (κ3) is 4.86. The van der Waals surface area contributed by atoms with Gasteiger partial charge in [-0.05, 0) is 60.7 Å². The van der Waals surface area contributed by atoms with Crippen molar-refractivity contribution >= 4 is 21.5 Å². The largest absolute Gasteiger partial charge is 0.497 e. The van der Waals surface area contributed by atoms with Crippen LogP contribution in [0.1, 0.15) is 11.1 Å².